The zero-order valence-corrected chi connectivity index (χ0v) is 13.2. The molecule has 3 atom stereocenters. The maximum absolute atomic E-state index is 5.97. The fourth-order valence-electron chi connectivity index (χ4n) is 2.74. The predicted octanol–water partition coefficient (Wildman–Crippen LogP) is 2.92. The Kier molecular flexibility index (Phi) is 5.19. The summed E-state index contributed by atoms with van der Waals surface area (Å²) in [6, 6.07) is 9.53. The molecule has 3 heteroatoms. The van der Waals surface area contributed by atoms with Crippen LogP contribution in [0.5, 0.6) is 0 Å². The van der Waals surface area contributed by atoms with Crippen LogP contribution in [-0.4, -0.2) is 36.7 Å². The van der Waals surface area contributed by atoms with Gasteiger partial charge in [0, 0.05) is 25.2 Å². The van der Waals surface area contributed by atoms with Gasteiger partial charge in [-0.1, -0.05) is 38.1 Å². The molecular formula is C17H28N2O. The largest absolute Gasteiger partial charge is 0.374 e. The van der Waals surface area contributed by atoms with Gasteiger partial charge in [-0.3, -0.25) is 4.90 Å². The molecule has 0 spiro atoms. The Morgan fingerprint density at radius 1 is 1.10 bits per heavy atom. The van der Waals surface area contributed by atoms with Crippen LogP contribution in [0.2, 0.25) is 0 Å². The van der Waals surface area contributed by atoms with Crippen molar-refractivity contribution in [3.8, 4) is 0 Å². The van der Waals surface area contributed by atoms with E-state index in [1.807, 2.05) is 6.92 Å². The van der Waals surface area contributed by atoms with Crippen LogP contribution in [0.15, 0.2) is 24.3 Å². The van der Waals surface area contributed by atoms with Crippen molar-refractivity contribution in [3.63, 3.8) is 0 Å². The Morgan fingerprint density at radius 2 is 1.70 bits per heavy atom. The van der Waals surface area contributed by atoms with Crippen molar-refractivity contribution >= 4 is 0 Å². The van der Waals surface area contributed by atoms with E-state index in [-0.39, 0.29) is 12.1 Å². The summed E-state index contributed by atoms with van der Waals surface area (Å²) in [6.45, 7) is 11.4. The van der Waals surface area contributed by atoms with Crippen LogP contribution >= 0.6 is 0 Å². The number of hydrogen-bond acceptors (Lipinski definition) is 3. The smallest absolute Gasteiger partial charge is 0.0850 e. The standard InChI is InChI=1S/C17H28N2O/c1-12(2)15-5-7-16(8-6-15)14(4)19-9-10-20-17(11-19)13(3)18/h5-8,12-14,17H,9-11,18H2,1-4H3. The van der Waals surface area contributed by atoms with Gasteiger partial charge in [0.2, 0.25) is 0 Å². The van der Waals surface area contributed by atoms with E-state index in [4.69, 9.17) is 10.5 Å². The van der Waals surface area contributed by atoms with Gasteiger partial charge >= 0.3 is 0 Å². The van der Waals surface area contributed by atoms with Gasteiger partial charge in [-0.05, 0) is 30.9 Å². The Labute approximate surface area is 123 Å². The van der Waals surface area contributed by atoms with Crippen LogP contribution < -0.4 is 5.73 Å². The summed E-state index contributed by atoms with van der Waals surface area (Å²) in [4.78, 5) is 2.47. The summed E-state index contributed by atoms with van der Waals surface area (Å²) in [7, 11) is 0. The molecular weight excluding hydrogens is 248 g/mol. The monoisotopic (exact) mass is 276 g/mol. The average molecular weight is 276 g/mol. The minimum atomic E-state index is 0.0910. The number of rotatable bonds is 4. The van der Waals surface area contributed by atoms with Gasteiger partial charge in [0.1, 0.15) is 0 Å². The predicted molar refractivity (Wildman–Crippen MR) is 83.9 cm³/mol. The van der Waals surface area contributed by atoms with Gasteiger partial charge in [0.05, 0.1) is 12.7 Å². The van der Waals surface area contributed by atoms with Gasteiger partial charge in [0.25, 0.3) is 0 Å². The third kappa shape index (κ3) is 3.60. The minimum Gasteiger partial charge on any atom is -0.374 e. The lowest BCUT2D eigenvalue weighted by atomic mass is 9.98. The lowest BCUT2D eigenvalue weighted by Gasteiger charge is -2.38. The SMILES string of the molecule is CC(C)c1ccc(C(C)N2CCOC(C(C)N)C2)cc1. The molecule has 1 fully saturated rings. The average Bonchev–Trinajstić information content (AvgIpc) is 2.46. The van der Waals surface area contributed by atoms with Gasteiger partial charge < -0.3 is 10.5 Å². The van der Waals surface area contributed by atoms with Crippen molar-refractivity contribution in [1.29, 1.82) is 0 Å². The van der Waals surface area contributed by atoms with E-state index in [0.717, 1.165) is 19.7 Å². The highest BCUT2D eigenvalue weighted by Gasteiger charge is 2.26. The molecule has 1 aliphatic heterocycles. The Balaban J connectivity index is 2.04. The number of morpholine rings is 1. The molecule has 1 aromatic carbocycles. The first-order valence-electron chi connectivity index (χ1n) is 7.70. The van der Waals surface area contributed by atoms with Crippen molar-refractivity contribution < 1.29 is 4.74 Å². The van der Waals surface area contributed by atoms with Crippen LogP contribution in [0.1, 0.15) is 50.8 Å². The van der Waals surface area contributed by atoms with E-state index in [0.29, 0.717) is 12.0 Å². The number of nitrogens with zero attached hydrogens (tertiary/aromatic N) is 1. The van der Waals surface area contributed by atoms with Crippen molar-refractivity contribution in [2.45, 2.75) is 51.8 Å². The maximum atomic E-state index is 5.97. The summed E-state index contributed by atoms with van der Waals surface area (Å²) in [5.41, 5.74) is 8.74. The molecule has 0 aromatic heterocycles. The van der Waals surface area contributed by atoms with Gasteiger partial charge in [-0.15, -0.1) is 0 Å². The fraction of sp³-hybridized carbons (Fsp3) is 0.647. The molecule has 0 aliphatic carbocycles. The summed E-state index contributed by atoms with van der Waals surface area (Å²) in [5, 5.41) is 0. The third-order valence-electron chi connectivity index (χ3n) is 4.34. The summed E-state index contributed by atoms with van der Waals surface area (Å²) in [6.07, 6.45) is 0.154. The number of benzene rings is 1. The van der Waals surface area contributed by atoms with Crippen LogP contribution in [0.4, 0.5) is 0 Å². The van der Waals surface area contributed by atoms with E-state index in [1.165, 1.54) is 11.1 Å². The molecule has 1 aromatic rings. The summed E-state index contributed by atoms with van der Waals surface area (Å²) >= 11 is 0. The molecule has 1 aliphatic rings. The van der Waals surface area contributed by atoms with E-state index in [2.05, 4.69) is 49.9 Å². The first-order chi connectivity index (χ1) is 9.49. The molecule has 2 N–H and O–H groups in total. The van der Waals surface area contributed by atoms with Crippen molar-refractivity contribution in [2.24, 2.45) is 5.73 Å². The number of ether oxygens (including phenoxy) is 1. The van der Waals surface area contributed by atoms with E-state index in [1.54, 1.807) is 0 Å². The molecule has 112 valence electrons. The second-order valence-corrected chi connectivity index (χ2v) is 6.26. The molecule has 0 amide bonds. The normalized spacial score (nSPS) is 23.8. The molecule has 20 heavy (non-hydrogen) atoms. The number of hydrogen-bond donors (Lipinski definition) is 1. The molecule has 1 heterocycles. The first-order valence-corrected chi connectivity index (χ1v) is 7.70. The maximum Gasteiger partial charge on any atom is 0.0850 e. The van der Waals surface area contributed by atoms with Crippen molar-refractivity contribution in [1.82, 2.24) is 4.90 Å². The Hall–Kier alpha value is -0.900. The van der Waals surface area contributed by atoms with E-state index in [9.17, 15) is 0 Å². The molecule has 0 saturated carbocycles. The summed E-state index contributed by atoms with van der Waals surface area (Å²) < 4.78 is 5.74. The second kappa shape index (κ2) is 6.70. The highest BCUT2D eigenvalue weighted by Crippen LogP contribution is 2.25. The highest BCUT2D eigenvalue weighted by atomic mass is 16.5. The highest BCUT2D eigenvalue weighted by molar-refractivity contribution is 5.26. The lowest BCUT2D eigenvalue weighted by Crippen LogP contribution is -2.50. The topological polar surface area (TPSA) is 38.5 Å². The minimum absolute atomic E-state index is 0.0910. The van der Waals surface area contributed by atoms with Crippen LogP contribution in [0.25, 0.3) is 0 Å². The van der Waals surface area contributed by atoms with E-state index >= 15 is 0 Å². The Morgan fingerprint density at radius 3 is 2.25 bits per heavy atom. The quantitative estimate of drug-likeness (QED) is 0.919. The number of nitrogens with two attached hydrogens (primary N) is 1. The van der Waals surface area contributed by atoms with Gasteiger partial charge in [-0.2, -0.15) is 0 Å². The van der Waals surface area contributed by atoms with Crippen LogP contribution in [0.3, 0.4) is 0 Å². The Bertz CT molecular complexity index is 414. The zero-order chi connectivity index (χ0) is 14.7. The lowest BCUT2D eigenvalue weighted by molar-refractivity contribution is -0.0498. The third-order valence-corrected chi connectivity index (χ3v) is 4.34. The zero-order valence-electron chi connectivity index (χ0n) is 13.2. The molecule has 1 saturated heterocycles. The molecule has 2 rings (SSSR count). The van der Waals surface area contributed by atoms with Gasteiger partial charge in [-0.25, -0.2) is 0 Å². The molecule has 3 unspecified atom stereocenters. The second-order valence-electron chi connectivity index (χ2n) is 6.26. The first kappa shape index (κ1) is 15.5. The van der Waals surface area contributed by atoms with E-state index < -0.39 is 0 Å². The molecule has 0 radical (unpaired) electrons. The van der Waals surface area contributed by atoms with Crippen LogP contribution in [-0.2, 0) is 4.74 Å². The van der Waals surface area contributed by atoms with Crippen molar-refractivity contribution in [3.05, 3.63) is 35.4 Å². The molecule has 3 nitrogen and oxygen atoms in total. The molecule has 0 bridgehead atoms. The van der Waals surface area contributed by atoms with Crippen molar-refractivity contribution in [2.75, 3.05) is 19.7 Å². The van der Waals surface area contributed by atoms with Gasteiger partial charge in [0.15, 0.2) is 0 Å². The summed E-state index contributed by atoms with van der Waals surface area (Å²) in [5.74, 6) is 0.588. The van der Waals surface area contributed by atoms with Crippen LogP contribution in [0, 0.1) is 0 Å². The fourth-order valence-corrected chi connectivity index (χ4v) is 2.74.